The number of anilines is 1. The molecule has 2 amide bonds. The number of benzene rings is 3. The van der Waals surface area contributed by atoms with Crippen molar-refractivity contribution in [3.8, 4) is 11.1 Å². The Balaban J connectivity index is 1.50. The molecule has 0 bridgehead atoms. The predicted octanol–water partition coefficient (Wildman–Crippen LogP) is 4.81. The lowest BCUT2D eigenvalue weighted by atomic mass is 9.98. The molecule has 7 nitrogen and oxygen atoms in total. The number of ether oxygens (including phenoxy) is 1. The van der Waals surface area contributed by atoms with Gasteiger partial charge < -0.3 is 15.2 Å². The van der Waals surface area contributed by atoms with E-state index in [4.69, 9.17) is 9.84 Å². The van der Waals surface area contributed by atoms with Crippen molar-refractivity contribution in [2.75, 3.05) is 11.9 Å². The third-order valence-corrected chi connectivity index (χ3v) is 6.04. The van der Waals surface area contributed by atoms with E-state index in [1.807, 2.05) is 43.3 Å². The zero-order chi connectivity index (χ0) is 24.2. The van der Waals surface area contributed by atoms with Crippen molar-refractivity contribution in [3.05, 3.63) is 89.0 Å². The van der Waals surface area contributed by atoms with Gasteiger partial charge in [-0.1, -0.05) is 61.5 Å². The summed E-state index contributed by atoms with van der Waals surface area (Å²) >= 11 is 0. The molecule has 3 N–H and O–H groups in total. The molecule has 0 spiro atoms. The molecule has 0 heterocycles. The average Bonchev–Trinajstić information content (AvgIpc) is 3.16. The first-order chi connectivity index (χ1) is 16.4. The Hall–Kier alpha value is -4.13. The molecular weight excluding hydrogens is 432 g/mol. The number of carbonyl (C=O) groups is 3. The van der Waals surface area contributed by atoms with Crippen molar-refractivity contribution in [2.24, 2.45) is 0 Å². The Bertz CT molecular complexity index is 1210. The maximum absolute atomic E-state index is 12.7. The van der Waals surface area contributed by atoms with Gasteiger partial charge in [0.2, 0.25) is 0 Å². The minimum absolute atomic E-state index is 0.0835. The molecule has 1 aliphatic rings. The molecule has 7 heteroatoms. The van der Waals surface area contributed by atoms with Crippen LogP contribution in [-0.4, -0.2) is 35.7 Å². The van der Waals surface area contributed by atoms with Gasteiger partial charge in [0.05, 0.1) is 11.3 Å². The van der Waals surface area contributed by atoms with Crippen LogP contribution in [0.3, 0.4) is 0 Å². The van der Waals surface area contributed by atoms with Crippen molar-refractivity contribution in [1.82, 2.24) is 5.32 Å². The fourth-order valence-corrected chi connectivity index (χ4v) is 4.19. The average molecular weight is 459 g/mol. The van der Waals surface area contributed by atoms with Gasteiger partial charge in [-0.15, -0.1) is 0 Å². The molecule has 0 saturated heterocycles. The smallest absolute Gasteiger partial charge is 0.411 e. The predicted molar refractivity (Wildman–Crippen MR) is 129 cm³/mol. The number of aliphatic carboxylic acids is 1. The largest absolute Gasteiger partial charge is 0.480 e. The summed E-state index contributed by atoms with van der Waals surface area (Å²) in [6.45, 7) is 3.46. The number of rotatable bonds is 7. The highest BCUT2D eigenvalue weighted by atomic mass is 16.5. The minimum Gasteiger partial charge on any atom is -0.480 e. The van der Waals surface area contributed by atoms with Crippen LogP contribution in [0, 0.1) is 0 Å². The van der Waals surface area contributed by atoms with E-state index in [0.29, 0.717) is 6.42 Å². The summed E-state index contributed by atoms with van der Waals surface area (Å²) in [5, 5.41) is 14.2. The van der Waals surface area contributed by atoms with E-state index in [1.165, 1.54) is 6.92 Å². The first-order valence-electron chi connectivity index (χ1n) is 11.2. The number of carbonyl (C=O) groups excluding carboxylic acids is 2. The molecule has 0 aliphatic heterocycles. The highest BCUT2D eigenvalue weighted by Gasteiger charge is 2.29. The van der Waals surface area contributed by atoms with Gasteiger partial charge in [-0.2, -0.15) is 0 Å². The number of amides is 2. The van der Waals surface area contributed by atoms with E-state index in [1.54, 1.807) is 18.2 Å². The lowest BCUT2D eigenvalue weighted by molar-refractivity contribution is -0.138. The Morgan fingerprint density at radius 2 is 1.59 bits per heavy atom. The van der Waals surface area contributed by atoms with Crippen LogP contribution >= 0.6 is 0 Å². The Morgan fingerprint density at radius 1 is 0.971 bits per heavy atom. The molecule has 4 rings (SSSR count). The standard InChI is InChI=1S/C27H26N2O5/c1-3-17-12-13-24(22(14-17)25(30)28-16(2)26(31)32)29-27(33)34-15-23-20-10-6-4-8-18(20)19-9-5-7-11-21(19)23/h4-14,16,23H,3,15H2,1-2H3,(H,28,30)(H,29,33)(H,31,32). The maximum atomic E-state index is 12.7. The second-order valence-electron chi connectivity index (χ2n) is 8.22. The lowest BCUT2D eigenvalue weighted by Crippen LogP contribution is -2.38. The summed E-state index contributed by atoms with van der Waals surface area (Å²) in [4.78, 5) is 36.5. The fourth-order valence-electron chi connectivity index (χ4n) is 4.19. The zero-order valence-corrected chi connectivity index (χ0v) is 19.0. The van der Waals surface area contributed by atoms with Crippen molar-refractivity contribution in [3.63, 3.8) is 0 Å². The molecule has 174 valence electrons. The van der Waals surface area contributed by atoms with Gasteiger partial charge in [0, 0.05) is 5.92 Å². The summed E-state index contributed by atoms with van der Waals surface area (Å²) in [6, 6.07) is 20.1. The van der Waals surface area contributed by atoms with E-state index in [0.717, 1.165) is 27.8 Å². The van der Waals surface area contributed by atoms with Gasteiger partial charge in [0.1, 0.15) is 12.6 Å². The summed E-state index contributed by atoms with van der Waals surface area (Å²) in [7, 11) is 0. The van der Waals surface area contributed by atoms with Crippen LogP contribution in [0.1, 0.15) is 46.8 Å². The number of fused-ring (bicyclic) bond motifs is 3. The molecule has 1 atom stereocenters. The van der Waals surface area contributed by atoms with Crippen LogP contribution in [0.4, 0.5) is 10.5 Å². The van der Waals surface area contributed by atoms with E-state index >= 15 is 0 Å². The van der Waals surface area contributed by atoms with Gasteiger partial charge in [0.25, 0.3) is 5.91 Å². The zero-order valence-electron chi connectivity index (χ0n) is 19.0. The number of carboxylic acids is 1. The van der Waals surface area contributed by atoms with Gasteiger partial charge in [-0.25, -0.2) is 4.79 Å². The summed E-state index contributed by atoms with van der Waals surface area (Å²) in [5.41, 5.74) is 5.79. The van der Waals surface area contributed by atoms with Crippen molar-refractivity contribution in [2.45, 2.75) is 32.2 Å². The third-order valence-electron chi connectivity index (χ3n) is 6.04. The normalized spacial score (nSPS) is 12.9. The first kappa shape index (κ1) is 23.0. The summed E-state index contributed by atoms with van der Waals surface area (Å²) in [6.07, 6.45) is -0.00793. The number of carboxylic acid groups (broad SMARTS) is 1. The van der Waals surface area contributed by atoms with Crippen molar-refractivity contribution >= 4 is 23.7 Å². The number of hydrogen-bond acceptors (Lipinski definition) is 4. The summed E-state index contributed by atoms with van der Waals surface area (Å²) < 4.78 is 5.58. The van der Waals surface area contributed by atoms with E-state index in [-0.39, 0.29) is 23.8 Å². The molecule has 0 aromatic heterocycles. The topological polar surface area (TPSA) is 105 Å². The fraction of sp³-hybridized carbons (Fsp3) is 0.222. The molecule has 34 heavy (non-hydrogen) atoms. The minimum atomic E-state index is -1.15. The Labute approximate surface area is 197 Å². The van der Waals surface area contributed by atoms with Gasteiger partial charge in [0.15, 0.2) is 0 Å². The van der Waals surface area contributed by atoms with Crippen LogP contribution in [0.2, 0.25) is 0 Å². The molecular formula is C27H26N2O5. The van der Waals surface area contributed by atoms with Crippen molar-refractivity contribution < 1.29 is 24.2 Å². The number of hydrogen-bond donors (Lipinski definition) is 3. The van der Waals surface area contributed by atoms with Crippen LogP contribution in [0.5, 0.6) is 0 Å². The Morgan fingerprint density at radius 3 is 2.18 bits per heavy atom. The van der Waals surface area contributed by atoms with E-state index in [9.17, 15) is 14.4 Å². The number of aryl methyl sites for hydroxylation is 1. The highest BCUT2D eigenvalue weighted by molar-refractivity contribution is 6.04. The second-order valence-corrected chi connectivity index (χ2v) is 8.22. The highest BCUT2D eigenvalue weighted by Crippen LogP contribution is 2.44. The monoisotopic (exact) mass is 458 g/mol. The van der Waals surface area contributed by atoms with E-state index in [2.05, 4.69) is 22.8 Å². The lowest BCUT2D eigenvalue weighted by Gasteiger charge is -2.17. The molecule has 1 unspecified atom stereocenters. The molecule has 0 fully saturated rings. The quantitative estimate of drug-likeness (QED) is 0.471. The second kappa shape index (κ2) is 9.79. The first-order valence-corrected chi connectivity index (χ1v) is 11.2. The Kier molecular flexibility index (Phi) is 6.63. The van der Waals surface area contributed by atoms with Gasteiger partial charge in [-0.05, 0) is 53.3 Å². The van der Waals surface area contributed by atoms with Crippen LogP contribution < -0.4 is 10.6 Å². The third kappa shape index (κ3) is 4.64. The van der Waals surface area contributed by atoms with Crippen LogP contribution in [0.15, 0.2) is 66.7 Å². The van der Waals surface area contributed by atoms with Crippen molar-refractivity contribution in [1.29, 1.82) is 0 Å². The SMILES string of the molecule is CCc1ccc(NC(=O)OCC2c3ccccc3-c3ccccc32)c(C(=O)NC(C)C(=O)O)c1. The number of nitrogens with one attached hydrogen (secondary N) is 2. The van der Waals surface area contributed by atoms with Crippen LogP contribution in [-0.2, 0) is 16.0 Å². The van der Waals surface area contributed by atoms with Gasteiger partial charge >= 0.3 is 12.1 Å². The molecule has 0 saturated carbocycles. The van der Waals surface area contributed by atoms with E-state index < -0.39 is 24.0 Å². The molecule has 3 aromatic carbocycles. The molecule has 3 aromatic rings. The molecule has 1 aliphatic carbocycles. The van der Waals surface area contributed by atoms with Gasteiger partial charge in [-0.3, -0.25) is 14.9 Å². The maximum Gasteiger partial charge on any atom is 0.411 e. The summed E-state index contributed by atoms with van der Waals surface area (Å²) in [5.74, 6) is -1.81. The molecule has 0 radical (unpaired) electrons. The van der Waals surface area contributed by atoms with Crippen LogP contribution in [0.25, 0.3) is 11.1 Å².